The molecule has 1 N–H and O–H groups in total. The molecule has 1 amide bonds. The highest BCUT2D eigenvalue weighted by Crippen LogP contribution is 2.26. The smallest absolute Gasteiger partial charge is 0.255 e. The molecule has 1 atom stereocenters. The summed E-state index contributed by atoms with van der Waals surface area (Å²) in [7, 11) is -0.627. The van der Waals surface area contributed by atoms with Gasteiger partial charge in [0.2, 0.25) is 10.0 Å². The number of hydrogen-bond acceptors (Lipinski definition) is 5. The van der Waals surface area contributed by atoms with Crippen LogP contribution in [0.5, 0.6) is 5.75 Å². The predicted molar refractivity (Wildman–Crippen MR) is 99.0 cm³/mol. The van der Waals surface area contributed by atoms with Crippen molar-refractivity contribution in [3.8, 4) is 5.75 Å². The Balaban J connectivity index is 2.31. The van der Waals surface area contributed by atoms with Gasteiger partial charge in [-0.1, -0.05) is 12.8 Å². The van der Waals surface area contributed by atoms with E-state index in [1.54, 1.807) is 7.11 Å². The van der Waals surface area contributed by atoms with Gasteiger partial charge in [0.05, 0.1) is 24.2 Å². The maximum atomic E-state index is 13.0. The third kappa shape index (κ3) is 4.96. The molecule has 1 aromatic rings. The van der Waals surface area contributed by atoms with E-state index in [1.165, 1.54) is 29.6 Å². The summed E-state index contributed by atoms with van der Waals surface area (Å²) in [5.74, 6) is -0.0544. The Morgan fingerprint density at radius 1 is 1.19 bits per heavy atom. The molecule has 146 valence electrons. The summed E-state index contributed by atoms with van der Waals surface area (Å²) in [4.78, 5) is 12.7. The van der Waals surface area contributed by atoms with Crippen LogP contribution in [0.3, 0.4) is 0 Å². The summed E-state index contributed by atoms with van der Waals surface area (Å²) in [6, 6.07) is 4.21. The van der Waals surface area contributed by atoms with Gasteiger partial charge in [-0.2, -0.15) is 4.31 Å². The maximum absolute atomic E-state index is 13.0. The molecule has 8 heteroatoms. The zero-order valence-corrected chi connectivity index (χ0v) is 16.5. The second kappa shape index (κ2) is 9.34. The minimum absolute atomic E-state index is 0.116. The Labute approximate surface area is 155 Å². The average molecular weight is 384 g/mol. The van der Waals surface area contributed by atoms with Crippen LogP contribution in [-0.4, -0.2) is 58.6 Å². The van der Waals surface area contributed by atoms with Crippen molar-refractivity contribution >= 4 is 15.9 Å². The molecular formula is C18H28N2O5S. The summed E-state index contributed by atoms with van der Waals surface area (Å²) in [6.07, 6.45) is 3.80. The van der Waals surface area contributed by atoms with Gasteiger partial charge in [0, 0.05) is 26.2 Å². The third-order valence-corrected chi connectivity index (χ3v) is 6.31. The van der Waals surface area contributed by atoms with Gasteiger partial charge in [-0.3, -0.25) is 4.79 Å². The van der Waals surface area contributed by atoms with Gasteiger partial charge in [-0.25, -0.2) is 8.42 Å². The lowest BCUT2D eigenvalue weighted by molar-refractivity contribution is 0.0902. The number of carbonyl (C=O) groups excluding carboxylic acids is 1. The van der Waals surface area contributed by atoms with Gasteiger partial charge in [0.15, 0.2) is 0 Å². The second-order valence-corrected chi connectivity index (χ2v) is 8.45. The van der Waals surface area contributed by atoms with Gasteiger partial charge < -0.3 is 14.8 Å². The molecule has 0 aromatic heterocycles. The number of sulfonamides is 1. The normalized spacial score (nSPS) is 17.3. The van der Waals surface area contributed by atoms with E-state index in [-0.39, 0.29) is 22.4 Å². The van der Waals surface area contributed by atoms with Crippen molar-refractivity contribution in [2.45, 2.75) is 43.5 Å². The summed E-state index contributed by atoms with van der Waals surface area (Å²) < 4.78 is 37.7. The zero-order chi connectivity index (χ0) is 19.2. The number of carbonyl (C=O) groups is 1. The highest BCUT2D eigenvalue weighted by atomic mass is 32.2. The maximum Gasteiger partial charge on any atom is 0.255 e. The molecule has 0 saturated carbocycles. The summed E-state index contributed by atoms with van der Waals surface area (Å²) in [6.45, 7) is 3.20. The van der Waals surface area contributed by atoms with Crippen LogP contribution in [0.2, 0.25) is 0 Å². The third-order valence-electron chi connectivity index (χ3n) is 4.41. The van der Waals surface area contributed by atoms with Crippen LogP contribution in [0.1, 0.15) is 43.0 Å². The first-order valence-electron chi connectivity index (χ1n) is 8.88. The van der Waals surface area contributed by atoms with Gasteiger partial charge in [-0.15, -0.1) is 0 Å². The molecule has 0 spiro atoms. The fourth-order valence-corrected chi connectivity index (χ4v) is 4.59. The zero-order valence-electron chi connectivity index (χ0n) is 15.7. The van der Waals surface area contributed by atoms with Crippen LogP contribution in [0, 0.1) is 0 Å². The van der Waals surface area contributed by atoms with E-state index in [0.29, 0.717) is 25.4 Å². The number of ether oxygens (including phenoxy) is 2. The SMILES string of the molecule is COC[C@H](C)NC(=O)c1cc(S(=O)(=O)N2CCCCCC2)ccc1OC. The average Bonchev–Trinajstić information content (AvgIpc) is 2.91. The highest BCUT2D eigenvalue weighted by Gasteiger charge is 2.27. The van der Waals surface area contributed by atoms with E-state index in [0.717, 1.165) is 25.7 Å². The van der Waals surface area contributed by atoms with Crippen molar-refractivity contribution in [2.75, 3.05) is 33.9 Å². The van der Waals surface area contributed by atoms with Crippen LogP contribution in [0.4, 0.5) is 0 Å². The predicted octanol–water partition coefficient (Wildman–Crippen LogP) is 2.02. The summed E-state index contributed by atoms with van der Waals surface area (Å²) >= 11 is 0. The van der Waals surface area contributed by atoms with E-state index < -0.39 is 10.0 Å². The molecule has 1 heterocycles. The van der Waals surface area contributed by atoms with Crippen molar-refractivity contribution in [3.05, 3.63) is 23.8 Å². The van der Waals surface area contributed by atoms with E-state index in [1.807, 2.05) is 6.92 Å². The van der Waals surface area contributed by atoms with E-state index in [4.69, 9.17) is 9.47 Å². The molecule has 0 unspecified atom stereocenters. The van der Waals surface area contributed by atoms with Gasteiger partial charge in [0.25, 0.3) is 5.91 Å². The van der Waals surface area contributed by atoms with Crippen LogP contribution in [0.25, 0.3) is 0 Å². The fourth-order valence-electron chi connectivity index (χ4n) is 3.05. The first-order chi connectivity index (χ1) is 12.4. The van der Waals surface area contributed by atoms with Crippen molar-refractivity contribution in [3.63, 3.8) is 0 Å². The standard InChI is InChI=1S/C18H28N2O5S/c1-14(13-24-2)19-18(21)16-12-15(8-9-17(16)25-3)26(22,23)20-10-6-4-5-7-11-20/h8-9,12,14H,4-7,10-11,13H2,1-3H3,(H,19,21)/t14-/m0/s1. The second-order valence-electron chi connectivity index (χ2n) is 6.51. The van der Waals surface area contributed by atoms with Crippen molar-refractivity contribution in [1.82, 2.24) is 9.62 Å². The number of benzene rings is 1. The van der Waals surface area contributed by atoms with Crippen molar-refractivity contribution in [1.29, 1.82) is 0 Å². The largest absolute Gasteiger partial charge is 0.496 e. The minimum atomic E-state index is -3.63. The molecule has 1 saturated heterocycles. The first-order valence-corrected chi connectivity index (χ1v) is 10.3. The Bertz CT molecular complexity index is 712. The van der Waals surface area contributed by atoms with Crippen LogP contribution < -0.4 is 10.1 Å². The minimum Gasteiger partial charge on any atom is -0.496 e. The lowest BCUT2D eigenvalue weighted by Gasteiger charge is -2.21. The van der Waals surface area contributed by atoms with Crippen molar-refractivity contribution in [2.24, 2.45) is 0 Å². The highest BCUT2D eigenvalue weighted by molar-refractivity contribution is 7.89. The Morgan fingerprint density at radius 2 is 1.85 bits per heavy atom. The molecular weight excluding hydrogens is 356 g/mol. The summed E-state index contributed by atoms with van der Waals surface area (Å²) in [5, 5.41) is 2.79. The Morgan fingerprint density at radius 3 is 2.42 bits per heavy atom. The molecule has 1 aromatic carbocycles. The van der Waals surface area contributed by atoms with Crippen LogP contribution in [0.15, 0.2) is 23.1 Å². The monoisotopic (exact) mass is 384 g/mol. The fraction of sp³-hybridized carbons (Fsp3) is 0.611. The lowest BCUT2D eigenvalue weighted by atomic mass is 10.1. The van der Waals surface area contributed by atoms with Gasteiger partial charge in [0.1, 0.15) is 5.75 Å². The molecule has 0 aliphatic carbocycles. The molecule has 26 heavy (non-hydrogen) atoms. The van der Waals surface area contributed by atoms with Crippen molar-refractivity contribution < 1.29 is 22.7 Å². The number of nitrogens with one attached hydrogen (secondary N) is 1. The van der Waals surface area contributed by atoms with Crippen LogP contribution >= 0.6 is 0 Å². The van der Waals surface area contributed by atoms with Gasteiger partial charge >= 0.3 is 0 Å². The molecule has 1 aliphatic heterocycles. The molecule has 7 nitrogen and oxygen atoms in total. The Hall–Kier alpha value is -1.64. The number of amides is 1. The number of hydrogen-bond donors (Lipinski definition) is 1. The topological polar surface area (TPSA) is 84.9 Å². The molecule has 0 bridgehead atoms. The molecule has 0 radical (unpaired) electrons. The molecule has 1 aliphatic rings. The number of nitrogens with zero attached hydrogens (tertiary/aromatic N) is 1. The lowest BCUT2D eigenvalue weighted by Crippen LogP contribution is -2.36. The first kappa shape index (κ1) is 20.7. The number of methoxy groups -OCH3 is 2. The van der Waals surface area contributed by atoms with Crippen LogP contribution in [-0.2, 0) is 14.8 Å². The van der Waals surface area contributed by atoms with Gasteiger partial charge in [-0.05, 0) is 38.0 Å². The molecule has 1 fully saturated rings. The number of rotatable bonds is 7. The molecule has 2 rings (SSSR count). The van der Waals surface area contributed by atoms with E-state index in [9.17, 15) is 13.2 Å². The van der Waals surface area contributed by atoms with E-state index >= 15 is 0 Å². The quantitative estimate of drug-likeness (QED) is 0.777. The van der Waals surface area contributed by atoms with E-state index in [2.05, 4.69) is 5.32 Å². The summed E-state index contributed by atoms with van der Waals surface area (Å²) in [5.41, 5.74) is 0.200. The Kier molecular flexibility index (Phi) is 7.43.